The molecular weight excluding hydrogens is 304 g/mol. The van der Waals surface area contributed by atoms with Crippen LogP contribution in [-0.2, 0) is 24.9 Å². The first-order valence-electron chi connectivity index (χ1n) is 7.10. The zero-order valence-electron chi connectivity index (χ0n) is 12.9. The van der Waals surface area contributed by atoms with Gasteiger partial charge in [-0.15, -0.1) is 0 Å². The Kier molecular flexibility index (Phi) is 4.63. The summed E-state index contributed by atoms with van der Waals surface area (Å²) in [7, 11) is 1.51. The largest absolute Gasteiger partial charge is 0.351 e. The highest BCUT2D eigenvalue weighted by Gasteiger charge is 2.16. The molecule has 3 amide bonds. The van der Waals surface area contributed by atoms with E-state index in [0.29, 0.717) is 17.7 Å². The van der Waals surface area contributed by atoms with Gasteiger partial charge in [-0.1, -0.05) is 6.92 Å². The maximum atomic E-state index is 12.6. The van der Waals surface area contributed by atoms with Gasteiger partial charge >= 0.3 is 11.7 Å². The van der Waals surface area contributed by atoms with Crippen LogP contribution in [0.4, 0.5) is 4.79 Å². The molecule has 0 aliphatic carbocycles. The molecule has 2 aromatic heterocycles. The topological polar surface area (TPSA) is 134 Å². The van der Waals surface area contributed by atoms with Crippen molar-refractivity contribution in [3.63, 3.8) is 0 Å². The van der Waals surface area contributed by atoms with E-state index in [9.17, 15) is 19.2 Å². The first-order chi connectivity index (χ1) is 10.9. The van der Waals surface area contributed by atoms with E-state index in [2.05, 4.69) is 4.98 Å². The Morgan fingerprint density at radius 3 is 2.61 bits per heavy atom. The molecule has 0 saturated carbocycles. The van der Waals surface area contributed by atoms with Crippen LogP contribution < -0.4 is 22.3 Å². The number of urea groups is 1. The normalized spacial score (nSPS) is 10.9. The van der Waals surface area contributed by atoms with Gasteiger partial charge in [-0.25, -0.2) is 14.6 Å². The van der Waals surface area contributed by atoms with Gasteiger partial charge in [0, 0.05) is 26.6 Å². The number of primary amides is 1. The van der Waals surface area contributed by atoms with Crippen molar-refractivity contribution < 1.29 is 9.59 Å². The fraction of sp³-hybridized carbons (Fsp3) is 0.462. The molecule has 0 fully saturated rings. The average molecular weight is 322 g/mol. The van der Waals surface area contributed by atoms with Crippen molar-refractivity contribution in [1.82, 2.24) is 24.0 Å². The third-order valence-electron chi connectivity index (χ3n) is 3.39. The Labute approximate surface area is 130 Å². The molecule has 0 bridgehead atoms. The number of nitrogens with zero attached hydrogens (tertiary/aromatic N) is 4. The molecule has 0 atom stereocenters. The van der Waals surface area contributed by atoms with Crippen LogP contribution in [0.2, 0.25) is 0 Å². The highest BCUT2D eigenvalue weighted by Crippen LogP contribution is 2.06. The van der Waals surface area contributed by atoms with E-state index in [0.717, 1.165) is 11.0 Å². The van der Waals surface area contributed by atoms with E-state index >= 15 is 0 Å². The van der Waals surface area contributed by atoms with E-state index < -0.39 is 23.2 Å². The second-order valence-corrected chi connectivity index (χ2v) is 5.07. The molecule has 3 N–H and O–H groups in total. The molecule has 23 heavy (non-hydrogen) atoms. The van der Waals surface area contributed by atoms with Gasteiger partial charge in [-0.05, 0) is 6.42 Å². The third kappa shape index (κ3) is 3.15. The maximum Gasteiger partial charge on any atom is 0.332 e. The summed E-state index contributed by atoms with van der Waals surface area (Å²) in [6.07, 6.45) is 2.10. The Morgan fingerprint density at radius 2 is 2.00 bits per heavy atom. The number of imidazole rings is 1. The van der Waals surface area contributed by atoms with Gasteiger partial charge in [-0.3, -0.25) is 24.0 Å². The van der Waals surface area contributed by atoms with E-state index in [1.165, 1.54) is 17.9 Å². The molecule has 0 spiro atoms. The van der Waals surface area contributed by atoms with Gasteiger partial charge in [-0.2, -0.15) is 0 Å². The Bertz CT molecular complexity index is 875. The minimum atomic E-state index is -0.980. The molecule has 0 aromatic carbocycles. The lowest BCUT2D eigenvalue weighted by molar-refractivity contribution is -0.120. The van der Waals surface area contributed by atoms with Crippen LogP contribution >= 0.6 is 0 Å². The summed E-state index contributed by atoms with van der Waals surface area (Å²) < 4.78 is 3.89. The summed E-state index contributed by atoms with van der Waals surface area (Å²) >= 11 is 0. The van der Waals surface area contributed by atoms with Crippen molar-refractivity contribution in [2.24, 2.45) is 12.8 Å². The lowest BCUT2D eigenvalue weighted by Gasteiger charge is -2.09. The minimum Gasteiger partial charge on any atom is -0.351 e. The van der Waals surface area contributed by atoms with Crippen LogP contribution in [0.25, 0.3) is 11.2 Å². The fourth-order valence-electron chi connectivity index (χ4n) is 2.34. The van der Waals surface area contributed by atoms with Crippen LogP contribution in [0.5, 0.6) is 0 Å². The molecular formula is C13H18N6O4. The average Bonchev–Trinajstić information content (AvgIpc) is 2.88. The Hall–Kier alpha value is -2.91. The summed E-state index contributed by atoms with van der Waals surface area (Å²) in [5.41, 5.74) is 4.36. The summed E-state index contributed by atoms with van der Waals surface area (Å²) in [5, 5.41) is 1.89. The van der Waals surface area contributed by atoms with E-state index in [-0.39, 0.29) is 13.0 Å². The van der Waals surface area contributed by atoms with Gasteiger partial charge < -0.3 is 10.3 Å². The van der Waals surface area contributed by atoms with Crippen molar-refractivity contribution in [3.8, 4) is 0 Å². The number of fused-ring (bicyclic) bond motifs is 1. The number of aryl methyl sites for hydroxylation is 2. The monoisotopic (exact) mass is 322 g/mol. The lowest BCUT2D eigenvalue weighted by Crippen LogP contribution is -2.41. The van der Waals surface area contributed by atoms with Crippen molar-refractivity contribution in [1.29, 1.82) is 0 Å². The van der Waals surface area contributed by atoms with Crippen LogP contribution in [0, 0.1) is 0 Å². The number of imide groups is 1. The number of nitrogens with one attached hydrogen (secondary N) is 1. The smallest absolute Gasteiger partial charge is 0.332 e. The molecule has 0 unspecified atom stereocenters. The number of carbonyl (C=O) groups is 2. The number of nitrogens with two attached hydrogens (primary N) is 1. The molecule has 0 aliphatic heterocycles. The molecule has 2 heterocycles. The fourth-order valence-corrected chi connectivity index (χ4v) is 2.34. The second-order valence-electron chi connectivity index (χ2n) is 5.07. The van der Waals surface area contributed by atoms with Gasteiger partial charge in [0.05, 0.1) is 6.33 Å². The number of rotatable bonds is 5. The van der Waals surface area contributed by atoms with Crippen LogP contribution in [0.3, 0.4) is 0 Å². The van der Waals surface area contributed by atoms with Gasteiger partial charge in [0.1, 0.15) is 0 Å². The van der Waals surface area contributed by atoms with E-state index in [1.54, 1.807) is 4.57 Å². The van der Waals surface area contributed by atoms with Crippen LogP contribution in [0.1, 0.15) is 19.8 Å². The van der Waals surface area contributed by atoms with Crippen LogP contribution in [-0.4, -0.2) is 30.6 Å². The predicted octanol–water partition coefficient (Wildman–Crippen LogP) is -1.11. The summed E-state index contributed by atoms with van der Waals surface area (Å²) in [6.45, 7) is 2.39. The van der Waals surface area contributed by atoms with E-state index in [4.69, 9.17) is 5.73 Å². The first-order valence-corrected chi connectivity index (χ1v) is 7.10. The predicted molar refractivity (Wildman–Crippen MR) is 81.9 cm³/mol. The van der Waals surface area contributed by atoms with E-state index in [1.807, 2.05) is 12.2 Å². The van der Waals surface area contributed by atoms with Gasteiger partial charge in [0.2, 0.25) is 5.91 Å². The summed E-state index contributed by atoms with van der Waals surface area (Å²) in [5.74, 6) is -0.659. The number of hydrogen-bond acceptors (Lipinski definition) is 5. The standard InChI is InChI=1S/C13H18N6O4/c1-3-5-18-7-15-10-9(18)11(21)19(13(23)17(10)2)6-4-8(20)16-12(14)22/h7H,3-6H2,1-2H3,(H3,14,16,20,22). The molecule has 124 valence electrons. The number of hydrogen-bond donors (Lipinski definition) is 2. The minimum absolute atomic E-state index is 0.155. The maximum absolute atomic E-state index is 12.6. The third-order valence-corrected chi connectivity index (χ3v) is 3.39. The number of amides is 3. The quantitative estimate of drug-likeness (QED) is 0.720. The zero-order valence-corrected chi connectivity index (χ0v) is 12.9. The molecule has 0 radical (unpaired) electrons. The molecule has 2 aromatic rings. The van der Waals surface area contributed by atoms with Crippen LogP contribution in [0.15, 0.2) is 15.9 Å². The molecule has 10 heteroatoms. The summed E-state index contributed by atoms with van der Waals surface area (Å²) in [4.78, 5) is 51.0. The zero-order chi connectivity index (χ0) is 17.1. The second kappa shape index (κ2) is 6.46. The first kappa shape index (κ1) is 16.5. The van der Waals surface area contributed by atoms with Crippen molar-refractivity contribution in [2.75, 3.05) is 0 Å². The SMILES string of the molecule is CCCn1cnc2c1c(=O)n(CCC(=O)NC(N)=O)c(=O)n2C. The lowest BCUT2D eigenvalue weighted by atomic mass is 10.3. The Morgan fingerprint density at radius 1 is 1.30 bits per heavy atom. The molecule has 0 saturated heterocycles. The number of aromatic nitrogens is 4. The van der Waals surface area contributed by atoms with Gasteiger partial charge in [0.25, 0.3) is 5.56 Å². The summed E-state index contributed by atoms with van der Waals surface area (Å²) in [6, 6.07) is -0.980. The van der Waals surface area contributed by atoms with Crippen molar-refractivity contribution >= 4 is 23.1 Å². The van der Waals surface area contributed by atoms with Crippen molar-refractivity contribution in [3.05, 3.63) is 27.2 Å². The highest BCUT2D eigenvalue weighted by atomic mass is 16.2. The highest BCUT2D eigenvalue weighted by molar-refractivity contribution is 5.93. The molecule has 10 nitrogen and oxygen atoms in total. The van der Waals surface area contributed by atoms with Crippen molar-refractivity contribution in [2.45, 2.75) is 32.9 Å². The number of carbonyl (C=O) groups excluding carboxylic acids is 2. The Balaban J connectivity index is 2.45. The van der Waals surface area contributed by atoms with Gasteiger partial charge in [0.15, 0.2) is 11.2 Å². The molecule has 0 aliphatic rings. The molecule has 2 rings (SSSR count).